The minimum atomic E-state index is 0.684. The fourth-order valence-electron chi connectivity index (χ4n) is 2.08. The highest BCUT2D eigenvalue weighted by Gasteiger charge is 1.96. The molecule has 0 saturated carbocycles. The van der Waals surface area contributed by atoms with E-state index in [9.17, 15) is 0 Å². The molecule has 0 amide bonds. The molecular weight excluding hydrogens is 248 g/mol. The van der Waals surface area contributed by atoms with Crippen LogP contribution in [0.25, 0.3) is 10.9 Å². The topological polar surface area (TPSA) is 37.4 Å². The smallest absolute Gasteiger partial charge is 0.119 e. The van der Waals surface area contributed by atoms with Crippen molar-refractivity contribution in [2.45, 2.75) is 6.92 Å². The fraction of sp³-hybridized carbons (Fsp3) is 0.118. The molecular formula is C17H16N2O. The quantitative estimate of drug-likeness (QED) is 0.700. The summed E-state index contributed by atoms with van der Waals surface area (Å²) in [7, 11) is 0. The molecule has 3 rings (SSSR count). The number of ether oxygens (including phenoxy) is 1. The van der Waals surface area contributed by atoms with Crippen molar-refractivity contribution in [3.63, 3.8) is 0 Å². The zero-order valence-corrected chi connectivity index (χ0v) is 11.3. The van der Waals surface area contributed by atoms with Crippen molar-refractivity contribution < 1.29 is 4.74 Å². The van der Waals surface area contributed by atoms with E-state index in [0.29, 0.717) is 6.61 Å². The number of rotatable bonds is 4. The summed E-state index contributed by atoms with van der Waals surface area (Å²) < 4.78 is 5.41. The first kappa shape index (κ1) is 12.5. The molecule has 0 bridgehead atoms. The molecule has 0 saturated heterocycles. The summed E-state index contributed by atoms with van der Waals surface area (Å²) in [5, 5.41) is 1.20. The molecule has 0 fully saturated rings. The van der Waals surface area contributed by atoms with E-state index in [1.54, 1.807) is 0 Å². The minimum Gasteiger partial charge on any atom is -0.494 e. The molecule has 20 heavy (non-hydrogen) atoms. The summed E-state index contributed by atoms with van der Waals surface area (Å²) in [6.07, 6.45) is 3.80. The number of aliphatic imine (C=N–C) groups is 1. The second-order valence-corrected chi connectivity index (χ2v) is 4.51. The molecule has 0 spiro atoms. The Morgan fingerprint density at radius 2 is 1.95 bits per heavy atom. The number of benzene rings is 2. The van der Waals surface area contributed by atoms with Crippen LogP contribution in [-0.4, -0.2) is 17.8 Å². The third kappa shape index (κ3) is 2.72. The molecule has 3 aromatic rings. The molecule has 0 atom stereocenters. The van der Waals surface area contributed by atoms with Crippen LogP contribution >= 0.6 is 0 Å². The van der Waals surface area contributed by atoms with E-state index in [4.69, 9.17) is 4.74 Å². The second-order valence-electron chi connectivity index (χ2n) is 4.51. The van der Waals surface area contributed by atoms with Gasteiger partial charge >= 0.3 is 0 Å². The highest BCUT2D eigenvalue weighted by Crippen LogP contribution is 2.20. The van der Waals surface area contributed by atoms with E-state index in [0.717, 1.165) is 22.5 Å². The molecule has 3 heteroatoms. The third-order valence-corrected chi connectivity index (χ3v) is 3.09. The lowest BCUT2D eigenvalue weighted by Crippen LogP contribution is -1.91. The van der Waals surface area contributed by atoms with Crippen LogP contribution in [0.5, 0.6) is 5.75 Å². The van der Waals surface area contributed by atoms with E-state index in [-0.39, 0.29) is 0 Å². The SMILES string of the molecule is CCOc1ccc(C=Nc2ccc3cc[nH]c3c2)cc1. The third-order valence-electron chi connectivity index (χ3n) is 3.09. The van der Waals surface area contributed by atoms with E-state index >= 15 is 0 Å². The van der Waals surface area contributed by atoms with Gasteiger partial charge in [-0.3, -0.25) is 4.99 Å². The van der Waals surface area contributed by atoms with Crippen LogP contribution in [0, 0.1) is 0 Å². The largest absolute Gasteiger partial charge is 0.494 e. The van der Waals surface area contributed by atoms with Gasteiger partial charge < -0.3 is 9.72 Å². The van der Waals surface area contributed by atoms with Crippen LogP contribution in [0.4, 0.5) is 5.69 Å². The number of hydrogen-bond donors (Lipinski definition) is 1. The number of fused-ring (bicyclic) bond motifs is 1. The number of nitrogens with one attached hydrogen (secondary N) is 1. The zero-order valence-electron chi connectivity index (χ0n) is 11.3. The van der Waals surface area contributed by atoms with Gasteiger partial charge in [0.25, 0.3) is 0 Å². The molecule has 0 unspecified atom stereocenters. The average Bonchev–Trinajstić information content (AvgIpc) is 2.94. The van der Waals surface area contributed by atoms with Crippen molar-refractivity contribution in [2.24, 2.45) is 4.99 Å². The van der Waals surface area contributed by atoms with Crippen molar-refractivity contribution in [2.75, 3.05) is 6.61 Å². The lowest BCUT2D eigenvalue weighted by atomic mass is 10.2. The molecule has 3 nitrogen and oxygen atoms in total. The molecule has 0 radical (unpaired) electrons. The van der Waals surface area contributed by atoms with E-state index < -0.39 is 0 Å². The van der Waals surface area contributed by atoms with Gasteiger partial charge in [0.15, 0.2) is 0 Å². The van der Waals surface area contributed by atoms with Crippen molar-refractivity contribution >= 4 is 22.8 Å². The van der Waals surface area contributed by atoms with Gasteiger partial charge in [0, 0.05) is 17.9 Å². The van der Waals surface area contributed by atoms with Crippen LogP contribution in [0.15, 0.2) is 59.7 Å². The first-order valence-electron chi connectivity index (χ1n) is 6.69. The Morgan fingerprint density at radius 1 is 1.10 bits per heavy atom. The van der Waals surface area contributed by atoms with Crippen LogP contribution < -0.4 is 4.74 Å². The predicted octanol–water partition coefficient (Wildman–Crippen LogP) is 4.32. The summed E-state index contributed by atoms with van der Waals surface area (Å²) >= 11 is 0. The summed E-state index contributed by atoms with van der Waals surface area (Å²) in [5.74, 6) is 0.887. The van der Waals surface area contributed by atoms with Gasteiger partial charge in [-0.05, 0) is 60.3 Å². The minimum absolute atomic E-state index is 0.684. The van der Waals surface area contributed by atoms with Gasteiger partial charge in [0.2, 0.25) is 0 Å². The normalized spacial score (nSPS) is 11.2. The second kappa shape index (κ2) is 5.61. The molecule has 100 valence electrons. The molecule has 1 N–H and O–H groups in total. The van der Waals surface area contributed by atoms with E-state index in [1.807, 2.05) is 55.7 Å². The Balaban J connectivity index is 1.78. The Labute approximate surface area is 117 Å². The summed E-state index contributed by atoms with van der Waals surface area (Å²) in [4.78, 5) is 7.69. The van der Waals surface area contributed by atoms with Gasteiger partial charge in [-0.2, -0.15) is 0 Å². The lowest BCUT2D eigenvalue weighted by molar-refractivity contribution is 0.340. The van der Waals surface area contributed by atoms with Gasteiger partial charge in [0.1, 0.15) is 5.75 Å². The Hall–Kier alpha value is -2.55. The fourth-order valence-corrected chi connectivity index (χ4v) is 2.08. The van der Waals surface area contributed by atoms with Crippen LogP contribution in [0.1, 0.15) is 12.5 Å². The van der Waals surface area contributed by atoms with Crippen LogP contribution in [0.2, 0.25) is 0 Å². The Morgan fingerprint density at radius 3 is 2.75 bits per heavy atom. The number of aromatic nitrogens is 1. The summed E-state index contributed by atoms with van der Waals surface area (Å²) in [5.41, 5.74) is 3.10. The zero-order chi connectivity index (χ0) is 13.8. The van der Waals surface area contributed by atoms with Crippen molar-refractivity contribution in [3.05, 3.63) is 60.3 Å². The van der Waals surface area contributed by atoms with E-state index in [1.165, 1.54) is 5.39 Å². The maximum atomic E-state index is 5.41. The first-order chi connectivity index (χ1) is 9.85. The highest BCUT2D eigenvalue weighted by atomic mass is 16.5. The molecule has 0 aliphatic rings. The average molecular weight is 264 g/mol. The van der Waals surface area contributed by atoms with E-state index in [2.05, 4.69) is 22.1 Å². The maximum absolute atomic E-state index is 5.41. The summed E-state index contributed by atoms with van der Waals surface area (Å²) in [6.45, 7) is 2.66. The van der Waals surface area contributed by atoms with Crippen molar-refractivity contribution in [1.29, 1.82) is 0 Å². The highest BCUT2D eigenvalue weighted by molar-refractivity contribution is 5.86. The number of aromatic amines is 1. The lowest BCUT2D eigenvalue weighted by Gasteiger charge is -2.02. The van der Waals surface area contributed by atoms with Gasteiger partial charge in [-0.25, -0.2) is 0 Å². The molecule has 0 aliphatic carbocycles. The standard InChI is InChI=1S/C17H16N2O/c1-2-20-16-7-3-13(4-8-16)12-19-15-6-5-14-9-10-18-17(14)11-15/h3-12,18H,2H2,1H3. The first-order valence-corrected chi connectivity index (χ1v) is 6.69. The van der Waals surface area contributed by atoms with Crippen molar-refractivity contribution in [1.82, 2.24) is 4.98 Å². The maximum Gasteiger partial charge on any atom is 0.119 e. The van der Waals surface area contributed by atoms with Crippen molar-refractivity contribution in [3.8, 4) is 5.75 Å². The van der Waals surface area contributed by atoms with Crippen LogP contribution in [-0.2, 0) is 0 Å². The number of nitrogens with zero attached hydrogens (tertiary/aromatic N) is 1. The molecule has 0 aliphatic heterocycles. The van der Waals surface area contributed by atoms with Gasteiger partial charge in [0.05, 0.1) is 12.3 Å². The Kier molecular flexibility index (Phi) is 3.50. The summed E-state index contributed by atoms with van der Waals surface area (Å²) in [6, 6.07) is 16.1. The number of H-pyrrole nitrogens is 1. The number of hydrogen-bond acceptors (Lipinski definition) is 2. The molecule has 1 heterocycles. The Bertz CT molecular complexity index is 726. The monoisotopic (exact) mass is 264 g/mol. The molecule has 1 aromatic heterocycles. The van der Waals surface area contributed by atoms with Gasteiger partial charge in [-0.1, -0.05) is 6.07 Å². The molecule has 2 aromatic carbocycles. The van der Waals surface area contributed by atoms with Gasteiger partial charge in [-0.15, -0.1) is 0 Å². The predicted molar refractivity (Wildman–Crippen MR) is 83.2 cm³/mol. The van der Waals surface area contributed by atoms with Crippen LogP contribution in [0.3, 0.4) is 0 Å².